The summed E-state index contributed by atoms with van der Waals surface area (Å²) in [6.45, 7) is 5.52. The van der Waals surface area contributed by atoms with E-state index in [1.807, 2.05) is 12.3 Å². The van der Waals surface area contributed by atoms with Crippen molar-refractivity contribution in [3.8, 4) is 0 Å². The second-order valence-electron chi connectivity index (χ2n) is 4.43. The number of aromatic nitrogens is 1. The van der Waals surface area contributed by atoms with Crippen LogP contribution in [0.3, 0.4) is 0 Å². The number of nitrogens with zero attached hydrogens (tertiary/aromatic N) is 2. The van der Waals surface area contributed by atoms with Gasteiger partial charge in [-0.2, -0.15) is 0 Å². The Hall–Kier alpha value is -1.09. The van der Waals surface area contributed by atoms with E-state index >= 15 is 0 Å². The summed E-state index contributed by atoms with van der Waals surface area (Å²) in [7, 11) is 2.13. The molecule has 0 radical (unpaired) electrons. The third kappa shape index (κ3) is 2.69. The number of hydrogen-bond acceptors (Lipinski definition) is 3. The fourth-order valence-electron chi connectivity index (χ4n) is 2.08. The number of nitrogens with one attached hydrogen (secondary N) is 1. The van der Waals surface area contributed by atoms with Crippen molar-refractivity contribution in [2.24, 2.45) is 5.92 Å². The molecule has 1 fully saturated rings. The molecule has 2 rings (SSSR count). The summed E-state index contributed by atoms with van der Waals surface area (Å²) in [5, 5.41) is 3.39. The molecule has 1 aliphatic heterocycles. The van der Waals surface area contributed by atoms with Gasteiger partial charge in [0.2, 0.25) is 0 Å². The van der Waals surface area contributed by atoms with Crippen LogP contribution in [0.2, 0.25) is 0 Å². The first-order valence-electron chi connectivity index (χ1n) is 5.60. The summed E-state index contributed by atoms with van der Waals surface area (Å²) in [5.41, 5.74) is 1.27. The zero-order chi connectivity index (χ0) is 10.7. The molecule has 15 heavy (non-hydrogen) atoms. The molecule has 0 spiro atoms. The van der Waals surface area contributed by atoms with E-state index in [4.69, 9.17) is 0 Å². The number of rotatable bonds is 3. The van der Waals surface area contributed by atoms with Crippen molar-refractivity contribution in [2.75, 3.05) is 31.6 Å². The lowest BCUT2D eigenvalue weighted by Crippen LogP contribution is -2.27. The molecule has 1 aliphatic rings. The van der Waals surface area contributed by atoms with Crippen LogP contribution in [0, 0.1) is 12.8 Å². The second-order valence-corrected chi connectivity index (χ2v) is 4.43. The van der Waals surface area contributed by atoms with E-state index in [1.54, 1.807) is 0 Å². The molecule has 1 aromatic rings. The SMILES string of the molecule is Cc1ccnc(N(C)CC2CCNC2)c1. The van der Waals surface area contributed by atoms with Gasteiger partial charge in [0.05, 0.1) is 0 Å². The highest BCUT2D eigenvalue weighted by atomic mass is 15.2. The van der Waals surface area contributed by atoms with Gasteiger partial charge in [0.15, 0.2) is 0 Å². The van der Waals surface area contributed by atoms with Crippen LogP contribution in [0.5, 0.6) is 0 Å². The Kier molecular flexibility index (Phi) is 3.21. The van der Waals surface area contributed by atoms with E-state index < -0.39 is 0 Å². The van der Waals surface area contributed by atoms with E-state index in [-0.39, 0.29) is 0 Å². The molecule has 0 bridgehead atoms. The Bertz CT molecular complexity index is 318. The van der Waals surface area contributed by atoms with Gasteiger partial charge in [-0.1, -0.05) is 0 Å². The Morgan fingerprint density at radius 3 is 3.13 bits per heavy atom. The molecule has 0 saturated carbocycles. The van der Waals surface area contributed by atoms with E-state index in [0.29, 0.717) is 0 Å². The second kappa shape index (κ2) is 4.62. The summed E-state index contributed by atoms with van der Waals surface area (Å²) in [6, 6.07) is 4.18. The highest BCUT2D eigenvalue weighted by Crippen LogP contribution is 2.15. The molecule has 0 aromatic carbocycles. The molecule has 0 aliphatic carbocycles. The van der Waals surface area contributed by atoms with Crippen molar-refractivity contribution in [1.29, 1.82) is 0 Å². The van der Waals surface area contributed by atoms with Gasteiger partial charge in [-0.25, -0.2) is 4.98 Å². The van der Waals surface area contributed by atoms with Crippen molar-refractivity contribution >= 4 is 5.82 Å². The first kappa shape index (κ1) is 10.4. The van der Waals surface area contributed by atoms with Crippen LogP contribution in [0.15, 0.2) is 18.3 Å². The Morgan fingerprint density at radius 1 is 1.60 bits per heavy atom. The normalized spacial score (nSPS) is 20.5. The van der Waals surface area contributed by atoms with E-state index in [0.717, 1.165) is 24.8 Å². The van der Waals surface area contributed by atoms with Crippen molar-refractivity contribution in [3.63, 3.8) is 0 Å². The molecule has 3 heteroatoms. The summed E-state index contributed by atoms with van der Waals surface area (Å²) >= 11 is 0. The molecule has 1 unspecified atom stereocenters. The zero-order valence-electron chi connectivity index (χ0n) is 9.53. The fraction of sp³-hybridized carbons (Fsp3) is 0.583. The van der Waals surface area contributed by atoms with E-state index in [9.17, 15) is 0 Å². The molecule has 2 heterocycles. The van der Waals surface area contributed by atoms with Crippen LogP contribution < -0.4 is 10.2 Å². The van der Waals surface area contributed by atoms with Crippen LogP contribution in [-0.2, 0) is 0 Å². The molecule has 1 atom stereocenters. The lowest BCUT2D eigenvalue weighted by molar-refractivity contribution is 0.576. The fourth-order valence-corrected chi connectivity index (χ4v) is 2.08. The average molecular weight is 205 g/mol. The Balaban J connectivity index is 1.97. The van der Waals surface area contributed by atoms with Gasteiger partial charge < -0.3 is 10.2 Å². The first-order valence-corrected chi connectivity index (χ1v) is 5.60. The van der Waals surface area contributed by atoms with E-state index in [1.165, 1.54) is 18.5 Å². The number of anilines is 1. The molecule has 82 valence electrons. The van der Waals surface area contributed by atoms with Crippen molar-refractivity contribution < 1.29 is 0 Å². The van der Waals surface area contributed by atoms with E-state index in [2.05, 4.69) is 35.2 Å². The van der Waals surface area contributed by atoms with Gasteiger partial charge in [0, 0.05) is 19.8 Å². The molecular formula is C12H19N3. The lowest BCUT2D eigenvalue weighted by Gasteiger charge is -2.21. The van der Waals surface area contributed by atoms with Gasteiger partial charge in [0.25, 0.3) is 0 Å². The molecule has 0 amide bonds. The lowest BCUT2D eigenvalue weighted by atomic mass is 10.1. The summed E-state index contributed by atoms with van der Waals surface area (Å²) in [4.78, 5) is 6.64. The van der Waals surface area contributed by atoms with Gasteiger partial charge in [-0.3, -0.25) is 0 Å². The average Bonchev–Trinajstić information content (AvgIpc) is 2.70. The van der Waals surface area contributed by atoms with Crippen LogP contribution in [0.1, 0.15) is 12.0 Å². The minimum Gasteiger partial charge on any atom is -0.359 e. The largest absolute Gasteiger partial charge is 0.359 e. The number of hydrogen-bond donors (Lipinski definition) is 1. The minimum atomic E-state index is 0.775. The van der Waals surface area contributed by atoms with Crippen molar-refractivity contribution in [2.45, 2.75) is 13.3 Å². The number of pyridine rings is 1. The topological polar surface area (TPSA) is 28.2 Å². The van der Waals surface area contributed by atoms with Gasteiger partial charge >= 0.3 is 0 Å². The third-order valence-electron chi connectivity index (χ3n) is 2.99. The molecule has 1 aromatic heterocycles. The quantitative estimate of drug-likeness (QED) is 0.809. The Labute approximate surface area is 91.5 Å². The Morgan fingerprint density at radius 2 is 2.47 bits per heavy atom. The first-order chi connectivity index (χ1) is 7.25. The predicted molar refractivity (Wildman–Crippen MR) is 63.2 cm³/mol. The predicted octanol–water partition coefficient (Wildman–Crippen LogP) is 1.44. The highest BCUT2D eigenvalue weighted by molar-refractivity contribution is 5.39. The minimum absolute atomic E-state index is 0.775. The van der Waals surface area contributed by atoms with Crippen molar-refractivity contribution in [3.05, 3.63) is 23.9 Å². The number of aryl methyl sites for hydroxylation is 1. The summed E-state index contributed by atoms with van der Waals surface area (Å²) in [6.07, 6.45) is 3.17. The third-order valence-corrected chi connectivity index (χ3v) is 2.99. The van der Waals surface area contributed by atoms with Gasteiger partial charge in [-0.15, -0.1) is 0 Å². The molecule has 1 N–H and O–H groups in total. The van der Waals surface area contributed by atoms with Crippen LogP contribution in [-0.4, -0.2) is 31.7 Å². The van der Waals surface area contributed by atoms with Crippen LogP contribution >= 0.6 is 0 Å². The zero-order valence-corrected chi connectivity index (χ0v) is 9.53. The smallest absolute Gasteiger partial charge is 0.128 e. The van der Waals surface area contributed by atoms with Crippen LogP contribution in [0.4, 0.5) is 5.82 Å². The molecular weight excluding hydrogens is 186 g/mol. The van der Waals surface area contributed by atoms with Gasteiger partial charge in [0.1, 0.15) is 5.82 Å². The maximum Gasteiger partial charge on any atom is 0.128 e. The maximum absolute atomic E-state index is 4.39. The molecule has 3 nitrogen and oxygen atoms in total. The summed E-state index contributed by atoms with van der Waals surface area (Å²) < 4.78 is 0. The standard InChI is InChI=1S/C12H19N3/c1-10-3-6-14-12(7-10)15(2)9-11-4-5-13-8-11/h3,6-7,11,13H,4-5,8-9H2,1-2H3. The maximum atomic E-state index is 4.39. The van der Waals surface area contributed by atoms with Crippen molar-refractivity contribution in [1.82, 2.24) is 10.3 Å². The summed E-state index contributed by atoms with van der Waals surface area (Å²) in [5.74, 6) is 1.86. The van der Waals surface area contributed by atoms with Crippen LogP contribution in [0.25, 0.3) is 0 Å². The monoisotopic (exact) mass is 205 g/mol. The van der Waals surface area contributed by atoms with Gasteiger partial charge in [-0.05, 0) is 50.0 Å². The molecule has 1 saturated heterocycles. The highest BCUT2D eigenvalue weighted by Gasteiger charge is 2.16.